The van der Waals surface area contributed by atoms with Crippen LogP contribution in [0.2, 0.25) is 0 Å². The fourth-order valence-corrected chi connectivity index (χ4v) is 12.6. The molecule has 0 radical (unpaired) electrons. The molecule has 12 atom stereocenters. The Balaban J connectivity index is 1.54. The minimum absolute atomic E-state index is 0.248. The number of nitrogens with one attached hydrogen (secondary N) is 1. The number of carbonyl (C=O) groups is 1. The van der Waals surface area contributed by atoms with Crippen molar-refractivity contribution in [1.29, 1.82) is 0 Å². The van der Waals surface area contributed by atoms with Gasteiger partial charge in [-0.1, -0.05) is 326 Å². The van der Waals surface area contributed by atoms with E-state index in [1.54, 1.807) is 6.08 Å². The highest BCUT2D eigenvalue weighted by atomic mass is 16.7. The molecule has 14 heteroatoms. The zero-order valence-electron chi connectivity index (χ0n) is 57.2. The van der Waals surface area contributed by atoms with Crippen molar-refractivity contribution >= 4 is 5.91 Å². The predicted molar refractivity (Wildman–Crippen MR) is 365 cm³/mol. The van der Waals surface area contributed by atoms with Gasteiger partial charge in [-0.25, -0.2) is 0 Å². The van der Waals surface area contributed by atoms with Crippen LogP contribution >= 0.6 is 0 Å². The Morgan fingerprint density at radius 3 is 1.10 bits per heavy atom. The number of aliphatic hydroxyl groups is 8. The van der Waals surface area contributed by atoms with Crippen LogP contribution in [-0.2, 0) is 23.7 Å². The van der Waals surface area contributed by atoms with Gasteiger partial charge in [-0.3, -0.25) is 4.79 Å². The second-order valence-electron chi connectivity index (χ2n) is 26.8. The van der Waals surface area contributed by atoms with Crippen LogP contribution in [0.4, 0.5) is 0 Å². The zero-order valence-corrected chi connectivity index (χ0v) is 57.2. The highest BCUT2D eigenvalue weighted by Gasteiger charge is 2.51. The maximum Gasteiger partial charge on any atom is 0.220 e. The molecule has 2 rings (SSSR count). The first kappa shape index (κ1) is 83.3. The van der Waals surface area contributed by atoms with Crippen molar-refractivity contribution < 1.29 is 64.6 Å². The van der Waals surface area contributed by atoms with Gasteiger partial charge < -0.3 is 65.1 Å². The molecule has 14 nitrogen and oxygen atoms in total. The quantitative estimate of drug-likeness (QED) is 0.0204. The molecule has 524 valence electrons. The van der Waals surface area contributed by atoms with Gasteiger partial charge in [0.15, 0.2) is 12.6 Å². The van der Waals surface area contributed by atoms with Gasteiger partial charge in [0.05, 0.1) is 32.0 Å². The Morgan fingerprint density at radius 2 is 0.719 bits per heavy atom. The Labute approximate surface area is 544 Å². The first-order chi connectivity index (χ1) is 43.6. The maximum atomic E-state index is 13.3. The summed E-state index contributed by atoms with van der Waals surface area (Å²) in [6.45, 7) is 2.79. The molecule has 0 saturated carbocycles. The second-order valence-corrected chi connectivity index (χ2v) is 26.8. The summed E-state index contributed by atoms with van der Waals surface area (Å²) in [7, 11) is 0. The molecular formula is C75H141NO13. The number of unbranched alkanes of at least 4 members (excludes halogenated alkanes) is 46. The van der Waals surface area contributed by atoms with Gasteiger partial charge in [0.2, 0.25) is 5.91 Å². The fourth-order valence-electron chi connectivity index (χ4n) is 12.6. The predicted octanol–water partition coefficient (Wildman–Crippen LogP) is 16.1. The van der Waals surface area contributed by atoms with Crippen molar-refractivity contribution in [2.24, 2.45) is 0 Å². The molecule has 0 aromatic carbocycles. The lowest BCUT2D eigenvalue weighted by Crippen LogP contribution is -2.65. The molecule has 2 heterocycles. The number of amides is 1. The average Bonchev–Trinajstić information content (AvgIpc) is 2.83. The molecule has 2 saturated heterocycles. The lowest BCUT2D eigenvalue weighted by atomic mass is 9.97. The van der Waals surface area contributed by atoms with Crippen LogP contribution in [0.15, 0.2) is 36.5 Å². The van der Waals surface area contributed by atoms with E-state index >= 15 is 0 Å². The van der Waals surface area contributed by atoms with Gasteiger partial charge >= 0.3 is 0 Å². The molecule has 12 unspecified atom stereocenters. The third-order valence-electron chi connectivity index (χ3n) is 18.6. The van der Waals surface area contributed by atoms with Crippen molar-refractivity contribution in [2.75, 3.05) is 19.8 Å². The molecular weight excluding hydrogens is 1120 g/mol. The SMILES string of the molecule is CCCCCCC/C=C/CC/C=C/CC/C=C/C(O)C(COC1OC(CO)C(OC2OC(CO)C(O)C(O)C2O)C(O)C1O)NC(=O)CCCCCCCCCCCCCCCCCCCCCCCCCCCCCCCCCCCCCCCCCC. The Morgan fingerprint density at radius 1 is 0.393 bits per heavy atom. The van der Waals surface area contributed by atoms with Gasteiger partial charge in [-0.15, -0.1) is 0 Å². The molecule has 89 heavy (non-hydrogen) atoms. The maximum absolute atomic E-state index is 13.3. The lowest BCUT2D eigenvalue weighted by molar-refractivity contribution is -0.359. The van der Waals surface area contributed by atoms with Gasteiger partial charge in [0.1, 0.15) is 48.8 Å². The largest absolute Gasteiger partial charge is 0.394 e. The molecule has 2 fully saturated rings. The highest BCUT2D eigenvalue weighted by molar-refractivity contribution is 5.76. The van der Waals surface area contributed by atoms with E-state index in [-0.39, 0.29) is 18.9 Å². The summed E-state index contributed by atoms with van der Waals surface area (Å²) in [4.78, 5) is 13.3. The van der Waals surface area contributed by atoms with E-state index in [0.717, 1.165) is 44.9 Å². The Hall–Kier alpha value is -1.79. The van der Waals surface area contributed by atoms with Gasteiger partial charge in [0, 0.05) is 6.42 Å². The first-order valence-electron chi connectivity index (χ1n) is 37.7. The molecule has 0 spiro atoms. The number of carbonyl (C=O) groups excluding carboxylic acids is 1. The van der Waals surface area contributed by atoms with E-state index in [4.69, 9.17) is 18.9 Å². The van der Waals surface area contributed by atoms with Crippen molar-refractivity contribution in [1.82, 2.24) is 5.32 Å². The lowest BCUT2D eigenvalue weighted by Gasteiger charge is -2.46. The van der Waals surface area contributed by atoms with Crippen LogP contribution in [0, 0.1) is 0 Å². The summed E-state index contributed by atoms with van der Waals surface area (Å²) in [6.07, 6.45) is 61.2. The Bertz CT molecular complexity index is 1630. The standard InChI is InChI=1S/C75H141NO13/c1-3-5-7-9-11-13-15-17-19-20-21-22-23-24-25-26-27-28-29-30-31-32-33-34-35-36-37-38-39-40-41-42-43-45-47-49-51-53-55-57-59-67(80)76-63(64(79)58-56-54-52-50-48-46-44-18-16-14-12-10-8-6-4-2)62-86-74-72(85)70(83)73(66(61-78)88-74)89-75-71(84)69(82)68(81)65(60-77)87-75/h16,18,48,50,56,58,63-66,68-75,77-79,81-85H,3-15,17,19-47,49,51-55,57,59-62H2,1-2H3,(H,76,80)/b18-16+,50-48+,58-56+. The summed E-state index contributed by atoms with van der Waals surface area (Å²) < 4.78 is 22.8. The number of allylic oxidation sites excluding steroid dienone is 5. The molecule has 2 aliphatic heterocycles. The minimum Gasteiger partial charge on any atom is -0.394 e. The first-order valence-corrected chi connectivity index (χ1v) is 37.7. The molecule has 0 aromatic rings. The molecule has 0 aliphatic carbocycles. The molecule has 2 aliphatic rings. The molecule has 0 aromatic heterocycles. The number of hydrogen-bond donors (Lipinski definition) is 9. The normalized spacial score (nSPS) is 23.2. The zero-order chi connectivity index (χ0) is 64.5. The summed E-state index contributed by atoms with van der Waals surface area (Å²) >= 11 is 0. The van der Waals surface area contributed by atoms with Crippen LogP contribution in [0.3, 0.4) is 0 Å². The van der Waals surface area contributed by atoms with Crippen LogP contribution in [0.1, 0.15) is 341 Å². The number of ether oxygens (including phenoxy) is 4. The summed E-state index contributed by atoms with van der Waals surface area (Å²) in [6, 6.07) is -0.936. The topological polar surface area (TPSA) is 228 Å². The van der Waals surface area contributed by atoms with Gasteiger partial charge in [0.25, 0.3) is 0 Å². The van der Waals surface area contributed by atoms with E-state index < -0.39 is 86.8 Å². The van der Waals surface area contributed by atoms with Crippen LogP contribution in [0.5, 0.6) is 0 Å². The number of hydrogen-bond acceptors (Lipinski definition) is 13. The summed E-state index contributed by atoms with van der Waals surface area (Å²) in [5.74, 6) is -0.248. The van der Waals surface area contributed by atoms with E-state index in [1.807, 2.05) is 6.08 Å². The van der Waals surface area contributed by atoms with Gasteiger partial charge in [-0.05, 0) is 44.9 Å². The van der Waals surface area contributed by atoms with Crippen molar-refractivity contribution in [3.05, 3.63) is 36.5 Å². The average molecular weight is 1260 g/mol. The molecule has 9 N–H and O–H groups in total. The smallest absolute Gasteiger partial charge is 0.220 e. The minimum atomic E-state index is -1.79. The Kier molecular flexibility index (Phi) is 56.1. The third kappa shape index (κ3) is 43.7. The van der Waals surface area contributed by atoms with Crippen LogP contribution in [0.25, 0.3) is 0 Å². The summed E-state index contributed by atoms with van der Waals surface area (Å²) in [5.41, 5.74) is 0. The van der Waals surface area contributed by atoms with E-state index in [0.29, 0.717) is 12.8 Å². The second kappa shape index (κ2) is 59.9. The fraction of sp³-hybridized carbons (Fsp3) is 0.907. The highest BCUT2D eigenvalue weighted by Crippen LogP contribution is 2.30. The molecule has 1 amide bonds. The number of aliphatic hydroxyl groups excluding tert-OH is 8. The third-order valence-corrected chi connectivity index (χ3v) is 18.6. The molecule has 0 bridgehead atoms. The van der Waals surface area contributed by atoms with Gasteiger partial charge in [-0.2, -0.15) is 0 Å². The van der Waals surface area contributed by atoms with E-state index in [1.165, 1.54) is 263 Å². The van der Waals surface area contributed by atoms with Crippen molar-refractivity contribution in [3.63, 3.8) is 0 Å². The van der Waals surface area contributed by atoms with E-state index in [2.05, 4.69) is 43.5 Å². The van der Waals surface area contributed by atoms with Crippen LogP contribution < -0.4 is 5.32 Å². The van der Waals surface area contributed by atoms with E-state index in [9.17, 15) is 45.6 Å². The summed E-state index contributed by atoms with van der Waals surface area (Å²) in [5, 5.41) is 87.3. The number of rotatable bonds is 63. The van der Waals surface area contributed by atoms with Crippen molar-refractivity contribution in [3.8, 4) is 0 Å². The van der Waals surface area contributed by atoms with Crippen molar-refractivity contribution in [2.45, 2.75) is 415 Å². The monoisotopic (exact) mass is 1260 g/mol. The van der Waals surface area contributed by atoms with Crippen LogP contribution in [-0.4, -0.2) is 140 Å².